The molecule has 0 spiro atoms. The average Bonchev–Trinajstić information content (AvgIpc) is 2.18. The van der Waals surface area contributed by atoms with Crippen LogP contribution in [-0.4, -0.2) is 11.7 Å². The third-order valence-electron chi connectivity index (χ3n) is 1.74. The molecule has 0 heterocycles. The van der Waals surface area contributed by atoms with Crippen LogP contribution in [0, 0.1) is 12.3 Å². The van der Waals surface area contributed by atoms with Crippen molar-refractivity contribution in [2.45, 2.75) is 13.0 Å². The van der Waals surface area contributed by atoms with Crippen LogP contribution in [0.4, 0.5) is 0 Å². The summed E-state index contributed by atoms with van der Waals surface area (Å²) < 4.78 is 5.36. The normalized spacial score (nSPS) is 9.50. The van der Waals surface area contributed by atoms with Gasteiger partial charge in [-0.15, -0.1) is 12.3 Å². The van der Waals surface area contributed by atoms with Crippen LogP contribution in [0.5, 0.6) is 5.75 Å². The van der Waals surface area contributed by atoms with Gasteiger partial charge in [0.1, 0.15) is 5.75 Å². The lowest BCUT2D eigenvalue weighted by molar-refractivity contribution is 0.265. The van der Waals surface area contributed by atoms with Crippen LogP contribution in [0.15, 0.2) is 18.2 Å². The summed E-state index contributed by atoms with van der Waals surface area (Å²) >= 11 is 5.86. The van der Waals surface area contributed by atoms with E-state index in [2.05, 4.69) is 5.92 Å². The molecule has 1 rings (SSSR count). The van der Waals surface area contributed by atoms with Gasteiger partial charge in [-0.25, -0.2) is 0 Å². The predicted octanol–water partition coefficient (Wildman–Crippen LogP) is 2.23. The SMILES string of the molecule is C#CCCOc1cccc(Cl)c1CO. The van der Waals surface area contributed by atoms with Crippen LogP contribution in [0.3, 0.4) is 0 Å². The quantitative estimate of drug-likeness (QED) is 0.610. The fourth-order valence-electron chi connectivity index (χ4n) is 1.05. The van der Waals surface area contributed by atoms with E-state index in [9.17, 15) is 0 Å². The standard InChI is InChI=1S/C11H11ClO2/c1-2-3-7-14-11-6-4-5-10(12)9(11)8-13/h1,4-6,13H,3,7-8H2. The second kappa shape index (κ2) is 5.54. The van der Waals surface area contributed by atoms with Crippen molar-refractivity contribution in [1.82, 2.24) is 0 Å². The minimum absolute atomic E-state index is 0.134. The number of benzene rings is 1. The fourth-order valence-corrected chi connectivity index (χ4v) is 1.27. The number of halogens is 1. The summed E-state index contributed by atoms with van der Waals surface area (Å²) in [5, 5.41) is 9.56. The molecule has 0 aromatic heterocycles. The van der Waals surface area contributed by atoms with Gasteiger partial charge in [-0.1, -0.05) is 17.7 Å². The van der Waals surface area contributed by atoms with Gasteiger partial charge in [-0.2, -0.15) is 0 Å². The van der Waals surface area contributed by atoms with Crippen molar-refractivity contribution in [3.63, 3.8) is 0 Å². The van der Waals surface area contributed by atoms with Gasteiger partial charge >= 0.3 is 0 Å². The zero-order valence-electron chi connectivity index (χ0n) is 7.66. The Bertz CT molecular complexity index is 342. The van der Waals surface area contributed by atoms with Gasteiger partial charge in [-0.3, -0.25) is 0 Å². The number of aliphatic hydroxyl groups excluding tert-OH is 1. The second-order valence-electron chi connectivity index (χ2n) is 2.68. The van der Waals surface area contributed by atoms with Gasteiger partial charge in [0.25, 0.3) is 0 Å². The van der Waals surface area contributed by atoms with Gasteiger partial charge in [0, 0.05) is 17.0 Å². The summed E-state index contributed by atoms with van der Waals surface area (Å²) in [4.78, 5) is 0. The fraction of sp³-hybridized carbons (Fsp3) is 0.273. The molecule has 0 aliphatic carbocycles. The topological polar surface area (TPSA) is 29.5 Å². The molecular formula is C11H11ClO2. The van der Waals surface area contributed by atoms with E-state index >= 15 is 0 Å². The van der Waals surface area contributed by atoms with Gasteiger partial charge in [0.2, 0.25) is 0 Å². The van der Waals surface area contributed by atoms with Gasteiger partial charge in [-0.05, 0) is 12.1 Å². The summed E-state index contributed by atoms with van der Waals surface area (Å²) in [7, 11) is 0. The van der Waals surface area contributed by atoms with Crippen LogP contribution in [0.2, 0.25) is 5.02 Å². The van der Waals surface area contributed by atoms with E-state index in [-0.39, 0.29) is 6.61 Å². The predicted molar refractivity (Wildman–Crippen MR) is 56.3 cm³/mol. The summed E-state index contributed by atoms with van der Waals surface area (Å²) in [6, 6.07) is 5.24. The molecule has 3 heteroatoms. The van der Waals surface area contributed by atoms with Crippen LogP contribution in [0.25, 0.3) is 0 Å². The molecule has 14 heavy (non-hydrogen) atoms. The van der Waals surface area contributed by atoms with Crippen molar-refractivity contribution < 1.29 is 9.84 Å². The summed E-state index contributed by atoms with van der Waals surface area (Å²) in [6.07, 6.45) is 5.63. The van der Waals surface area contributed by atoms with Crippen molar-refractivity contribution in [2.75, 3.05) is 6.61 Å². The lowest BCUT2D eigenvalue weighted by Crippen LogP contribution is -1.99. The molecule has 0 amide bonds. The number of aliphatic hydroxyl groups is 1. The Morgan fingerprint density at radius 2 is 2.29 bits per heavy atom. The zero-order chi connectivity index (χ0) is 10.4. The smallest absolute Gasteiger partial charge is 0.126 e. The second-order valence-corrected chi connectivity index (χ2v) is 3.08. The van der Waals surface area contributed by atoms with E-state index in [1.165, 1.54) is 0 Å². The van der Waals surface area contributed by atoms with E-state index in [4.69, 9.17) is 27.9 Å². The highest BCUT2D eigenvalue weighted by molar-refractivity contribution is 6.31. The van der Waals surface area contributed by atoms with E-state index < -0.39 is 0 Å². The number of rotatable bonds is 4. The highest BCUT2D eigenvalue weighted by Crippen LogP contribution is 2.26. The molecule has 0 radical (unpaired) electrons. The highest BCUT2D eigenvalue weighted by atomic mass is 35.5. The first-order valence-electron chi connectivity index (χ1n) is 4.24. The van der Waals surface area contributed by atoms with Crippen LogP contribution in [-0.2, 0) is 6.61 Å². The Labute approximate surface area is 88.5 Å². The zero-order valence-corrected chi connectivity index (χ0v) is 8.42. The van der Waals surface area contributed by atoms with E-state index in [1.54, 1.807) is 18.2 Å². The van der Waals surface area contributed by atoms with Crippen molar-refractivity contribution in [3.8, 4) is 18.1 Å². The monoisotopic (exact) mass is 210 g/mol. The Morgan fingerprint density at radius 1 is 1.50 bits per heavy atom. The molecule has 1 N–H and O–H groups in total. The van der Waals surface area contributed by atoms with Crippen molar-refractivity contribution in [2.24, 2.45) is 0 Å². The van der Waals surface area contributed by atoms with Crippen molar-refractivity contribution >= 4 is 11.6 Å². The molecule has 0 aliphatic heterocycles. The van der Waals surface area contributed by atoms with Gasteiger partial charge in [0.15, 0.2) is 0 Å². The van der Waals surface area contributed by atoms with Crippen LogP contribution in [0.1, 0.15) is 12.0 Å². The molecule has 0 unspecified atom stereocenters. The lowest BCUT2D eigenvalue weighted by Gasteiger charge is -2.09. The molecular weight excluding hydrogens is 200 g/mol. The van der Waals surface area contributed by atoms with E-state index in [1.807, 2.05) is 0 Å². The number of ether oxygens (including phenoxy) is 1. The number of hydrogen-bond donors (Lipinski definition) is 1. The number of terminal acetylenes is 1. The molecule has 0 saturated heterocycles. The first-order chi connectivity index (χ1) is 6.79. The molecule has 0 bridgehead atoms. The largest absolute Gasteiger partial charge is 0.492 e. The molecule has 74 valence electrons. The molecule has 0 atom stereocenters. The Morgan fingerprint density at radius 3 is 2.93 bits per heavy atom. The molecule has 1 aromatic carbocycles. The number of hydrogen-bond acceptors (Lipinski definition) is 2. The van der Waals surface area contributed by atoms with Gasteiger partial charge in [0.05, 0.1) is 13.2 Å². The lowest BCUT2D eigenvalue weighted by atomic mass is 10.2. The average molecular weight is 211 g/mol. The summed E-state index contributed by atoms with van der Waals surface area (Å²) in [6.45, 7) is 0.300. The van der Waals surface area contributed by atoms with Crippen molar-refractivity contribution in [1.29, 1.82) is 0 Å². The third-order valence-corrected chi connectivity index (χ3v) is 2.09. The maximum absolute atomic E-state index is 9.05. The van der Waals surface area contributed by atoms with Gasteiger partial charge < -0.3 is 9.84 Å². The molecule has 2 nitrogen and oxygen atoms in total. The van der Waals surface area contributed by atoms with E-state index in [0.717, 1.165) is 0 Å². The van der Waals surface area contributed by atoms with E-state index in [0.29, 0.717) is 29.4 Å². The maximum Gasteiger partial charge on any atom is 0.126 e. The first-order valence-corrected chi connectivity index (χ1v) is 4.62. The summed E-state index contributed by atoms with van der Waals surface area (Å²) in [5.74, 6) is 3.06. The third kappa shape index (κ3) is 2.66. The molecule has 0 aliphatic rings. The molecule has 1 aromatic rings. The maximum atomic E-state index is 9.05. The van der Waals surface area contributed by atoms with Crippen LogP contribution < -0.4 is 4.74 Å². The highest BCUT2D eigenvalue weighted by Gasteiger charge is 2.06. The Balaban J connectivity index is 2.76. The Hall–Kier alpha value is -1.17. The summed E-state index contributed by atoms with van der Waals surface area (Å²) in [5.41, 5.74) is 0.603. The minimum Gasteiger partial charge on any atom is -0.492 e. The molecule has 0 fully saturated rings. The Kier molecular flexibility index (Phi) is 4.31. The van der Waals surface area contributed by atoms with Crippen molar-refractivity contribution in [3.05, 3.63) is 28.8 Å². The minimum atomic E-state index is -0.134. The van der Waals surface area contributed by atoms with Crippen LogP contribution >= 0.6 is 11.6 Å². The molecule has 0 saturated carbocycles. The first kappa shape index (κ1) is 10.9.